The Morgan fingerprint density at radius 3 is 2.37 bits per heavy atom. The van der Waals surface area contributed by atoms with Crippen LogP contribution in [0, 0.1) is 24.6 Å². The molecule has 43 heavy (non-hydrogen) atoms. The van der Waals surface area contributed by atoms with Crippen LogP contribution in [0.1, 0.15) is 54.4 Å². The molecule has 1 aromatic heterocycles. The minimum atomic E-state index is -4.04. The molecule has 0 radical (unpaired) electrons. The number of carbonyl (C=O) groups excluding carboxylic acids is 1. The summed E-state index contributed by atoms with van der Waals surface area (Å²) in [5.41, 5.74) is 1.15. The van der Waals surface area contributed by atoms with Crippen molar-refractivity contribution < 1.29 is 27.5 Å². The van der Waals surface area contributed by atoms with Crippen molar-refractivity contribution in [2.24, 2.45) is 11.8 Å². The van der Waals surface area contributed by atoms with Crippen molar-refractivity contribution >= 4 is 32.8 Å². The van der Waals surface area contributed by atoms with Crippen LogP contribution < -0.4 is 16.2 Å². The molecular weight excluding hydrogens is 575 g/mol. The predicted molar refractivity (Wildman–Crippen MR) is 159 cm³/mol. The number of amides is 2. The van der Waals surface area contributed by atoms with Gasteiger partial charge in [-0.15, -0.1) is 0 Å². The first-order valence-electron chi connectivity index (χ1n) is 14.8. The van der Waals surface area contributed by atoms with Crippen LogP contribution in [-0.2, 0) is 16.6 Å². The molecule has 0 bridgehead atoms. The summed E-state index contributed by atoms with van der Waals surface area (Å²) in [5, 5.41) is 14.7. The van der Waals surface area contributed by atoms with Crippen LogP contribution in [-0.4, -0.2) is 60.1 Å². The van der Waals surface area contributed by atoms with Gasteiger partial charge in [0.15, 0.2) is 0 Å². The molecule has 10 nitrogen and oxygen atoms in total. The van der Waals surface area contributed by atoms with Crippen LogP contribution in [0.4, 0.5) is 9.18 Å². The second kappa shape index (κ2) is 11.4. The van der Waals surface area contributed by atoms with Crippen molar-refractivity contribution in [1.29, 1.82) is 0 Å². The third-order valence-corrected chi connectivity index (χ3v) is 10.7. The van der Waals surface area contributed by atoms with E-state index in [1.54, 1.807) is 31.2 Å². The van der Waals surface area contributed by atoms with Gasteiger partial charge in [-0.2, -0.15) is 4.31 Å². The number of nitrogens with one attached hydrogen (secondary N) is 2. The number of carboxylic acid groups (broad SMARTS) is 1. The van der Waals surface area contributed by atoms with E-state index in [1.165, 1.54) is 21.1 Å². The number of pyridine rings is 1. The summed E-state index contributed by atoms with van der Waals surface area (Å²) in [4.78, 5) is 37.2. The molecule has 2 saturated carbocycles. The Kier molecular flexibility index (Phi) is 7.76. The molecule has 2 amide bonds. The van der Waals surface area contributed by atoms with E-state index in [9.17, 15) is 22.8 Å². The molecule has 6 rings (SSSR count). The Morgan fingerprint density at radius 1 is 1.00 bits per heavy atom. The van der Waals surface area contributed by atoms with Gasteiger partial charge in [0.25, 0.3) is 11.5 Å². The van der Waals surface area contributed by atoms with Gasteiger partial charge in [0, 0.05) is 54.8 Å². The maximum absolute atomic E-state index is 15.1. The van der Waals surface area contributed by atoms with E-state index in [1.807, 2.05) is 0 Å². The molecule has 3 aromatic rings. The van der Waals surface area contributed by atoms with Gasteiger partial charge in [0.1, 0.15) is 10.7 Å². The number of hydrogen-bond acceptors (Lipinski definition) is 5. The number of piperidine rings is 1. The van der Waals surface area contributed by atoms with Crippen molar-refractivity contribution in [3.63, 3.8) is 0 Å². The van der Waals surface area contributed by atoms with Gasteiger partial charge >= 0.3 is 6.09 Å². The number of benzene rings is 2. The second-order valence-electron chi connectivity index (χ2n) is 12.1. The molecular formula is C31H35FN4O6S. The second-order valence-corrected chi connectivity index (χ2v) is 14.0. The zero-order valence-electron chi connectivity index (χ0n) is 23.9. The van der Waals surface area contributed by atoms with Crippen LogP contribution in [0.2, 0.25) is 0 Å². The summed E-state index contributed by atoms with van der Waals surface area (Å²) >= 11 is 0. The van der Waals surface area contributed by atoms with Gasteiger partial charge in [-0.05, 0) is 98.2 Å². The van der Waals surface area contributed by atoms with E-state index < -0.39 is 21.9 Å². The van der Waals surface area contributed by atoms with Crippen LogP contribution in [0.15, 0.2) is 46.2 Å². The summed E-state index contributed by atoms with van der Waals surface area (Å²) < 4.78 is 46.2. The highest BCUT2D eigenvalue weighted by Crippen LogP contribution is 2.35. The minimum absolute atomic E-state index is 0.00691. The highest BCUT2D eigenvalue weighted by Gasteiger charge is 2.33. The van der Waals surface area contributed by atoms with E-state index in [-0.39, 0.29) is 64.3 Å². The average molecular weight is 611 g/mol. The van der Waals surface area contributed by atoms with Crippen molar-refractivity contribution in [1.82, 2.24) is 19.5 Å². The molecule has 2 aliphatic carbocycles. The molecule has 2 heterocycles. The smallest absolute Gasteiger partial charge is 0.404 e. The Hall–Kier alpha value is -3.77. The first kappa shape index (κ1) is 29.3. The number of aromatic nitrogens is 1. The normalized spacial score (nSPS) is 18.1. The summed E-state index contributed by atoms with van der Waals surface area (Å²) in [6, 6.07) is 7.79. The Morgan fingerprint density at radius 2 is 1.72 bits per heavy atom. The monoisotopic (exact) mass is 610 g/mol. The fraction of sp³-hybridized carbons (Fsp3) is 0.452. The van der Waals surface area contributed by atoms with Crippen molar-refractivity contribution in [2.75, 3.05) is 19.6 Å². The summed E-state index contributed by atoms with van der Waals surface area (Å²) in [5.74, 6) is -0.558. The fourth-order valence-electron chi connectivity index (χ4n) is 5.78. The molecule has 3 N–H and O–H groups in total. The number of halogens is 1. The number of carbonyl (C=O) groups is 2. The van der Waals surface area contributed by atoms with Gasteiger partial charge in [-0.25, -0.2) is 17.6 Å². The lowest BCUT2D eigenvalue weighted by molar-refractivity contribution is 0.0950. The molecule has 0 spiro atoms. The Balaban J connectivity index is 1.41. The molecule has 1 saturated heterocycles. The summed E-state index contributed by atoms with van der Waals surface area (Å²) in [6.07, 6.45) is 5.08. The molecule has 3 fully saturated rings. The lowest BCUT2D eigenvalue weighted by atomic mass is 9.95. The van der Waals surface area contributed by atoms with Crippen molar-refractivity contribution in [2.45, 2.75) is 62.9 Å². The topological polar surface area (TPSA) is 138 Å². The van der Waals surface area contributed by atoms with E-state index in [0.717, 1.165) is 25.7 Å². The van der Waals surface area contributed by atoms with E-state index in [2.05, 4.69) is 10.6 Å². The minimum Gasteiger partial charge on any atom is -0.465 e. The first-order chi connectivity index (χ1) is 20.5. The lowest BCUT2D eigenvalue weighted by Gasteiger charge is -2.31. The standard InChI is InChI=1S/C31H35FN4O6S/c1-18-25(13-22(14-27(18)32)29(37)34-23-5-6-23)21-4-7-24-26(12-21)28(17-35(30(24)38)16-20-2-3-20)43(41,42)36-10-8-19(9-11-36)15-33-31(39)40/h4,7,12-14,17,19-20,23,33H,2-3,5-6,8-11,15-16H2,1H3,(H,34,37)(H,39,40). The maximum Gasteiger partial charge on any atom is 0.404 e. The number of nitrogens with zero attached hydrogens (tertiary/aromatic N) is 2. The van der Waals surface area contributed by atoms with E-state index in [0.29, 0.717) is 42.0 Å². The van der Waals surface area contributed by atoms with E-state index in [4.69, 9.17) is 5.11 Å². The van der Waals surface area contributed by atoms with Gasteiger partial charge in [-0.3, -0.25) is 9.59 Å². The zero-order valence-corrected chi connectivity index (χ0v) is 24.8. The van der Waals surface area contributed by atoms with Crippen LogP contribution in [0.3, 0.4) is 0 Å². The van der Waals surface area contributed by atoms with Crippen LogP contribution in [0.5, 0.6) is 0 Å². The maximum atomic E-state index is 15.1. The molecule has 1 aliphatic heterocycles. The quantitative estimate of drug-likeness (QED) is 0.334. The highest BCUT2D eigenvalue weighted by molar-refractivity contribution is 7.89. The van der Waals surface area contributed by atoms with Gasteiger partial charge in [-0.1, -0.05) is 6.07 Å². The molecule has 12 heteroatoms. The molecule has 3 aliphatic rings. The first-order valence-corrected chi connectivity index (χ1v) is 16.2. The van der Waals surface area contributed by atoms with Crippen LogP contribution >= 0.6 is 0 Å². The lowest BCUT2D eigenvalue weighted by Crippen LogP contribution is -2.41. The molecule has 228 valence electrons. The van der Waals surface area contributed by atoms with E-state index >= 15 is 4.39 Å². The summed E-state index contributed by atoms with van der Waals surface area (Å²) in [7, 11) is -4.04. The van der Waals surface area contributed by atoms with Crippen molar-refractivity contribution in [3.05, 3.63) is 63.8 Å². The number of fused-ring (bicyclic) bond motifs is 1. The molecule has 0 unspecified atom stereocenters. The summed E-state index contributed by atoms with van der Waals surface area (Å²) in [6.45, 7) is 2.74. The highest BCUT2D eigenvalue weighted by atomic mass is 32.2. The Bertz CT molecular complexity index is 1770. The number of hydrogen-bond donors (Lipinski definition) is 3. The fourth-order valence-corrected chi connectivity index (χ4v) is 7.45. The molecule has 0 atom stereocenters. The van der Waals surface area contributed by atoms with Gasteiger partial charge in [0.05, 0.1) is 0 Å². The average Bonchev–Trinajstić information content (AvgIpc) is 3.92. The SMILES string of the molecule is Cc1c(F)cc(C(=O)NC2CC2)cc1-c1ccc2c(=O)n(CC3CC3)cc(S(=O)(=O)N3CCC(CNC(=O)O)CC3)c2c1. The number of sulfonamides is 1. The van der Waals surface area contributed by atoms with Crippen molar-refractivity contribution in [3.8, 4) is 11.1 Å². The largest absolute Gasteiger partial charge is 0.465 e. The zero-order chi connectivity index (χ0) is 30.5. The third kappa shape index (κ3) is 6.16. The van der Waals surface area contributed by atoms with Gasteiger partial charge in [0.2, 0.25) is 10.0 Å². The third-order valence-electron chi connectivity index (χ3n) is 8.76. The Labute approximate surface area is 248 Å². The molecule has 2 aromatic carbocycles. The number of rotatable bonds is 9. The van der Waals surface area contributed by atoms with Gasteiger partial charge < -0.3 is 20.3 Å². The predicted octanol–water partition coefficient (Wildman–Crippen LogP) is 4.09. The van der Waals surface area contributed by atoms with Crippen LogP contribution in [0.25, 0.3) is 21.9 Å².